The van der Waals surface area contributed by atoms with E-state index in [1.807, 2.05) is 5.38 Å². The van der Waals surface area contributed by atoms with Gasteiger partial charge < -0.3 is 4.98 Å². The first-order valence-electron chi connectivity index (χ1n) is 8.29. The molecule has 0 spiro atoms. The molecule has 0 atom stereocenters. The van der Waals surface area contributed by atoms with E-state index in [0.29, 0.717) is 23.1 Å². The van der Waals surface area contributed by atoms with Gasteiger partial charge in [-0.3, -0.25) is 0 Å². The second-order valence-corrected chi connectivity index (χ2v) is 6.98. The minimum Gasteiger partial charge on any atom is -0.336 e. The largest absolute Gasteiger partial charge is 0.336 e. The predicted octanol–water partition coefficient (Wildman–Crippen LogP) is 5.06. The molecule has 1 aliphatic heterocycles. The van der Waals surface area contributed by atoms with Crippen molar-refractivity contribution in [3.63, 3.8) is 0 Å². The Labute approximate surface area is 156 Å². The van der Waals surface area contributed by atoms with Crippen LogP contribution in [0.15, 0.2) is 53.4 Å². The van der Waals surface area contributed by atoms with Crippen LogP contribution in [0.5, 0.6) is 0 Å². The topological polar surface area (TPSA) is 54.5 Å². The lowest BCUT2D eigenvalue weighted by atomic mass is 10.1. The Morgan fingerprint density at radius 1 is 1.04 bits per heavy atom. The third kappa shape index (κ3) is 2.67. The van der Waals surface area contributed by atoms with Gasteiger partial charge in [0.1, 0.15) is 11.3 Å². The van der Waals surface area contributed by atoms with Gasteiger partial charge in [0.05, 0.1) is 23.0 Å². The standard InChI is InChI=1S/C20H12F2N4S/c21-15-3-1-2-14(18(15)22)20-24-17-9-23-26-16(19(17)25-20)8-11-4-5-12-10-27-7-6-13(11)12/h1-7,9-10H,8H2,(H,24,25). The number of nitrogens with one attached hydrogen (secondary N) is 1. The van der Waals surface area contributed by atoms with Gasteiger partial charge in [0.2, 0.25) is 0 Å². The number of aromatic nitrogens is 4. The molecular formula is C20H12F2N4S. The molecule has 0 unspecified atom stereocenters. The van der Waals surface area contributed by atoms with Crippen molar-refractivity contribution >= 4 is 22.4 Å². The summed E-state index contributed by atoms with van der Waals surface area (Å²) >= 11 is 1.65. The molecule has 0 bridgehead atoms. The highest BCUT2D eigenvalue weighted by molar-refractivity contribution is 7.07. The van der Waals surface area contributed by atoms with Gasteiger partial charge >= 0.3 is 0 Å². The molecule has 7 heteroatoms. The smallest absolute Gasteiger partial charge is 0.169 e. The van der Waals surface area contributed by atoms with Crippen molar-refractivity contribution in [1.29, 1.82) is 0 Å². The Balaban J connectivity index is 1.60. The molecule has 5 rings (SSSR count). The average molecular weight is 378 g/mol. The lowest BCUT2D eigenvalue weighted by Crippen LogP contribution is -1.96. The Morgan fingerprint density at radius 3 is 2.89 bits per heavy atom. The maximum atomic E-state index is 14.1. The second kappa shape index (κ2) is 6.21. The van der Waals surface area contributed by atoms with Crippen LogP contribution in [0.1, 0.15) is 11.3 Å². The van der Waals surface area contributed by atoms with Crippen molar-refractivity contribution < 1.29 is 8.78 Å². The highest BCUT2D eigenvalue weighted by Gasteiger charge is 2.17. The summed E-state index contributed by atoms with van der Waals surface area (Å²) in [5, 5.41) is 12.4. The molecule has 4 nitrogen and oxygen atoms in total. The van der Waals surface area contributed by atoms with Gasteiger partial charge in [-0.05, 0) is 45.6 Å². The molecule has 2 aliphatic rings. The molecule has 3 aromatic rings. The summed E-state index contributed by atoms with van der Waals surface area (Å²) in [7, 11) is 0. The first-order valence-corrected chi connectivity index (χ1v) is 9.23. The van der Waals surface area contributed by atoms with Crippen molar-refractivity contribution in [3.05, 3.63) is 76.2 Å². The number of rotatable bonds is 3. The number of fused-ring (bicyclic) bond motifs is 2. The highest BCUT2D eigenvalue weighted by atomic mass is 32.1. The third-order valence-corrected chi connectivity index (χ3v) is 5.25. The molecule has 2 aromatic heterocycles. The van der Waals surface area contributed by atoms with E-state index in [-0.39, 0.29) is 11.4 Å². The summed E-state index contributed by atoms with van der Waals surface area (Å²) in [6.07, 6.45) is 2.09. The van der Waals surface area contributed by atoms with E-state index in [0.717, 1.165) is 11.6 Å². The monoisotopic (exact) mass is 378 g/mol. The molecule has 0 saturated carbocycles. The zero-order chi connectivity index (χ0) is 18.4. The van der Waals surface area contributed by atoms with Gasteiger partial charge in [-0.15, -0.1) is 0 Å². The second-order valence-electron chi connectivity index (χ2n) is 6.20. The van der Waals surface area contributed by atoms with E-state index < -0.39 is 11.6 Å². The van der Waals surface area contributed by atoms with Gasteiger partial charge in [0.15, 0.2) is 11.6 Å². The van der Waals surface area contributed by atoms with Crippen molar-refractivity contribution in [3.8, 4) is 22.5 Å². The molecule has 1 aromatic carbocycles. The minimum absolute atomic E-state index is 0.0809. The SMILES string of the molecule is Fc1cccc(-c2nc3c(Cc4ccc5csccc4-5)nncc3[nH]2)c1F. The molecular weight excluding hydrogens is 366 g/mol. The lowest BCUT2D eigenvalue weighted by Gasteiger charge is -2.03. The average Bonchev–Trinajstić information content (AvgIpc) is 3.29. The number of nitrogens with zero attached hydrogens (tertiary/aromatic N) is 3. The van der Waals surface area contributed by atoms with Crippen LogP contribution in [0.2, 0.25) is 0 Å². The van der Waals surface area contributed by atoms with Gasteiger partial charge in [0, 0.05) is 6.42 Å². The Bertz CT molecular complexity index is 1240. The quantitative estimate of drug-likeness (QED) is 0.478. The van der Waals surface area contributed by atoms with Crippen LogP contribution in [0.4, 0.5) is 8.78 Å². The molecule has 27 heavy (non-hydrogen) atoms. The van der Waals surface area contributed by atoms with Crippen LogP contribution in [-0.4, -0.2) is 20.2 Å². The van der Waals surface area contributed by atoms with E-state index in [4.69, 9.17) is 0 Å². The predicted molar refractivity (Wildman–Crippen MR) is 101 cm³/mol. The van der Waals surface area contributed by atoms with Crippen molar-refractivity contribution in [2.24, 2.45) is 0 Å². The molecule has 0 fully saturated rings. The summed E-state index contributed by atoms with van der Waals surface area (Å²) in [4.78, 5) is 7.50. The number of aromatic amines is 1. The first-order chi connectivity index (χ1) is 13.2. The normalized spacial score (nSPS) is 11.5. The Morgan fingerprint density at radius 2 is 1.96 bits per heavy atom. The van der Waals surface area contributed by atoms with Crippen LogP contribution >= 0.6 is 11.3 Å². The van der Waals surface area contributed by atoms with Gasteiger partial charge in [0.25, 0.3) is 0 Å². The first kappa shape index (κ1) is 16.0. The van der Waals surface area contributed by atoms with E-state index in [1.165, 1.54) is 29.5 Å². The molecule has 3 heterocycles. The maximum absolute atomic E-state index is 14.1. The zero-order valence-electron chi connectivity index (χ0n) is 13.9. The van der Waals surface area contributed by atoms with Crippen LogP contribution in [0.25, 0.3) is 33.5 Å². The van der Waals surface area contributed by atoms with Gasteiger partial charge in [-0.2, -0.15) is 21.5 Å². The van der Waals surface area contributed by atoms with Crippen molar-refractivity contribution in [1.82, 2.24) is 20.2 Å². The van der Waals surface area contributed by atoms with Crippen LogP contribution in [0.3, 0.4) is 0 Å². The zero-order valence-corrected chi connectivity index (χ0v) is 14.7. The van der Waals surface area contributed by atoms with E-state index >= 15 is 0 Å². The molecule has 1 N–H and O–H groups in total. The van der Waals surface area contributed by atoms with Crippen LogP contribution in [-0.2, 0) is 6.42 Å². The molecule has 0 radical (unpaired) electrons. The van der Waals surface area contributed by atoms with E-state index in [9.17, 15) is 8.78 Å². The summed E-state index contributed by atoms with van der Waals surface area (Å²) in [6, 6.07) is 10.3. The Kier molecular flexibility index (Phi) is 3.68. The van der Waals surface area contributed by atoms with Crippen LogP contribution in [0, 0.1) is 11.6 Å². The van der Waals surface area contributed by atoms with Crippen molar-refractivity contribution in [2.45, 2.75) is 6.42 Å². The Hall–Kier alpha value is -3.19. The van der Waals surface area contributed by atoms with E-state index in [1.54, 1.807) is 11.3 Å². The third-order valence-electron chi connectivity index (χ3n) is 4.56. The summed E-state index contributed by atoms with van der Waals surface area (Å²) in [5.41, 5.74) is 5.49. The number of H-pyrrole nitrogens is 1. The molecule has 0 saturated heterocycles. The van der Waals surface area contributed by atoms with Gasteiger partial charge in [-0.1, -0.05) is 18.2 Å². The number of halogens is 2. The maximum Gasteiger partial charge on any atom is 0.169 e. The summed E-state index contributed by atoms with van der Waals surface area (Å²) < 4.78 is 27.7. The number of hydrogen-bond acceptors (Lipinski definition) is 4. The van der Waals surface area contributed by atoms with E-state index in [2.05, 4.69) is 43.7 Å². The molecule has 132 valence electrons. The molecule has 1 aliphatic carbocycles. The van der Waals surface area contributed by atoms with Gasteiger partial charge in [-0.25, -0.2) is 13.8 Å². The number of imidazole rings is 1. The fourth-order valence-electron chi connectivity index (χ4n) is 3.25. The lowest BCUT2D eigenvalue weighted by molar-refractivity contribution is 0.510. The minimum atomic E-state index is -0.928. The number of hydrogen-bond donors (Lipinski definition) is 1. The molecule has 0 amide bonds. The summed E-state index contributed by atoms with van der Waals surface area (Å²) in [6.45, 7) is 0. The fraction of sp³-hybridized carbons (Fsp3) is 0.0500. The fourth-order valence-corrected chi connectivity index (χ4v) is 3.90. The summed E-state index contributed by atoms with van der Waals surface area (Å²) in [5.74, 6) is -1.58. The number of benzene rings is 1. The van der Waals surface area contributed by atoms with Crippen LogP contribution < -0.4 is 0 Å². The highest BCUT2D eigenvalue weighted by Crippen LogP contribution is 2.32. The van der Waals surface area contributed by atoms with Crippen molar-refractivity contribution in [2.75, 3.05) is 0 Å².